The van der Waals surface area contributed by atoms with Gasteiger partial charge in [0, 0.05) is 5.75 Å². The van der Waals surface area contributed by atoms with E-state index in [1.807, 2.05) is 17.8 Å². The number of ether oxygens (including phenoxy) is 1. The molecule has 0 radical (unpaired) electrons. The van der Waals surface area contributed by atoms with Gasteiger partial charge in [-0.1, -0.05) is 39.0 Å². The molecular weight excluding hydrogens is 204 g/mol. The molecule has 0 aliphatic rings. The van der Waals surface area contributed by atoms with E-state index in [1.165, 1.54) is 5.56 Å². The molecule has 1 rings (SSSR count). The molecule has 1 aromatic carbocycles. The summed E-state index contributed by atoms with van der Waals surface area (Å²) in [6, 6.07) is 8.32. The number of hydrogen-bond donors (Lipinski definition) is 0. The molecule has 1 aromatic rings. The summed E-state index contributed by atoms with van der Waals surface area (Å²) < 4.78 is 5.78. The molecule has 0 aliphatic heterocycles. The van der Waals surface area contributed by atoms with Crippen LogP contribution in [-0.2, 0) is 0 Å². The van der Waals surface area contributed by atoms with Crippen LogP contribution in [0, 0.1) is 0 Å². The van der Waals surface area contributed by atoms with Crippen LogP contribution >= 0.6 is 11.8 Å². The minimum atomic E-state index is 0.528. The van der Waals surface area contributed by atoms with Crippen molar-refractivity contribution in [3.8, 4) is 5.75 Å². The highest BCUT2D eigenvalue weighted by Crippen LogP contribution is 2.25. The van der Waals surface area contributed by atoms with Crippen LogP contribution in [-0.4, -0.2) is 18.1 Å². The van der Waals surface area contributed by atoms with Gasteiger partial charge in [-0.3, -0.25) is 0 Å². The molecule has 1 nitrogen and oxygen atoms in total. The van der Waals surface area contributed by atoms with Crippen molar-refractivity contribution in [2.45, 2.75) is 26.7 Å². The van der Waals surface area contributed by atoms with Crippen LogP contribution in [0.25, 0.3) is 0 Å². The third-order valence-corrected chi connectivity index (χ3v) is 3.09. The van der Waals surface area contributed by atoms with Crippen LogP contribution in [0.2, 0.25) is 0 Å². The standard InChI is InChI=1S/C13H20OS/c1-4-15-10-9-14-13-8-6-5-7-12(13)11(2)3/h5-8,11H,4,9-10H2,1-3H3. The lowest BCUT2D eigenvalue weighted by Crippen LogP contribution is -2.03. The van der Waals surface area contributed by atoms with Gasteiger partial charge in [0.15, 0.2) is 0 Å². The van der Waals surface area contributed by atoms with E-state index in [9.17, 15) is 0 Å². The molecule has 0 spiro atoms. The fourth-order valence-electron chi connectivity index (χ4n) is 1.44. The summed E-state index contributed by atoms with van der Waals surface area (Å²) in [5.74, 6) is 3.81. The Balaban J connectivity index is 2.52. The van der Waals surface area contributed by atoms with Crippen molar-refractivity contribution in [1.82, 2.24) is 0 Å². The smallest absolute Gasteiger partial charge is 0.122 e. The molecule has 15 heavy (non-hydrogen) atoms. The molecule has 0 atom stereocenters. The first-order valence-electron chi connectivity index (χ1n) is 5.55. The van der Waals surface area contributed by atoms with Crippen LogP contribution < -0.4 is 4.74 Å². The summed E-state index contributed by atoms with van der Waals surface area (Å²) in [7, 11) is 0. The molecule has 0 fully saturated rings. The number of hydrogen-bond acceptors (Lipinski definition) is 2. The summed E-state index contributed by atoms with van der Waals surface area (Å²) in [4.78, 5) is 0. The summed E-state index contributed by atoms with van der Waals surface area (Å²) in [5, 5.41) is 0. The van der Waals surface area contributed by atoms with E-state index in [1.54, 1.807) is 0 Å². The Morgan fingerprint density at radius 3 is 2.67 bits per heavy atom. The van der Waals surface area contributed by atoms with Gasteiger partial charge in [0.2, 0.25) is 0 Å². The molecule has 84 valence electrons. The fraction of sp³-hybridized carbons (Fsp3) is 0.538. The fourth-order valence-corrected chi connectivity index (χ4v) is 1.93. The van der Waals surface area contributed by atoms with E-state index in [4.69, 9.17) is 4.74 Å². The highest BCUT2D eigenvalue weighted by molar-refractivity contribution is 7.99. The van der Waals surface area contributed by atoms with Gasteiger partial charge in [-0.15, -0.1) is 0 Å². The third-order valence-electron chi connectivity index (χ3n) is 2.23. The predicted molar refractivity (Wildman–Crippen MR) is 69.0 cm³/mol. The lowest BCUT2D eigenvalue weighted by molar-refractivity contribution is 0.339. The first-order valence-corrected chi connectivity index (χ1v) is 6.70. The van der Waals surface area contributed by atoms with Gasteiger partial charge in [-0.25, -0.2) is 0 Å². The van der Waals surface area contributed by atoms with Crippen molar-refractivity contribution in [2.24, 2.45) is 0 Å². The average molecular weight is 224 g/mol. The van der Waals surface area contributed by atoms with Gasteiger partial charge in [0.1, 0.15) is 5.75 Å². The van der Waals surface area contributed by atoms with E-state index >= 15 is 0 Å². The maximum absolute atomic E-state index is 5.78. The molecule has 0 bridgehead atoms. The number of para-hydroxylation sites is 1. The van der Waals surface area contributed by atoms with E-state index in [0.29, 0.717) is 5.92 Å². The third kappa shape index (κ3) is 4.17. The molecule has 0 N–H and O–H groups in total. The largest absolute Gasteiger partial charge is 0.492 e. The summed E-state index contributed by atoms with van der Waals surface area (Å²) in [6.07, 6.45) is 0. The summed E-state index contributed by atoms with van der Waals surface area (Å²) >= 11 is 1.92. The van der Waals surface area contributed by atoms with Gasteiger partial charge in [-0.2, -0.15) is 11.8 Å². The molecule has 0 unspecified atom stereocenters. The van der Waals surface area contributed by atoms with Gasteiger partial charge in [0.05, 0.1) is 6.61 Å². The van der Waals surface area contributed by atoms with Gasteiger partial charge < -0.3 is 4.74 Å². The summed E-state index contributed by atoms with van der Waals surface area (Å²) in [5.41, 5.74) is 1.30. The van der Waals surface area contributed by atoms with Crippen molar-refractivity contribution in [2.75, 3.05) is 18.1 Å². The highest BCUT2D eigenvalue weighted by atomic mass is 32.2. The van der Waals surface area contributed by atoms with E-state index in [-0.39, 0.29) is 0 Å². The Morgan fingerprint density at radius 1 is 1.27 bits per heavy atom. The van der Waals surface area contributed by atoms with Crippen molar-refractivity contribution in [1.29, 1.82) is 0 Å². The van der Waals surface area contributed by atoms with Crippen molar-refractivity contribution in [3.05, 3.63) is 29.8 Å². The van der Waals surface area contributed by atoms with Crippen LogP contribution in [0.5, 0.6) is 5.75 Å². The van der Waals surface area contributed by atoms with Gasteiger partial charge >= 0.3 is 0 Å². The molecule has 0 saturated heterocycles. The second-order valence-electron chi connectivity index (χ2n) is 3.74. The van der Waals surface area contributed by atoms with Crippen molar-refractivity contribution < 1.29 is 4.74 Å². The van der Waals surface area contributed by atoms with Gasteiger partial charge in [-0.05, 0) is 23.3 Å². The normalized spacial score (nSPS) is 10.7. The molecular formula is C13H20OS. The van der Waals surface area contributed by atoms with Crippen molar-refractivity contribution in [3.63, 3.8) is 0 Å². The highest BCUT2D eigenvalue weighted by Gasteiger charge is 2.05. The van der Waals surface area contributed by atoms with Crippen LogP contribution in [0.4, 0.5) is 0 Å². The number of thioether (sulfide) groups is 1. The van der Waals surface area contributed by atoms with Gasteiger partial charge in [0.25, 0.3) is 0 Å². The SMILES string of the molecule is CCSCCOc1ccccc1C(C)C. The maximum atomic E-state index is 5.78. The Bertz CT molecular complexity index is 284. The first-order chi connectivity index (χ1) is 7.25. The molecule has 0 saturated carbocycles. The Morgan fingerprint density at radius 2 is 2.00 bits per heavy atom. The zero-order valence-electron chi connectivity index (χ0n) is 9.82. The molecule has 2 heteroatoms. The second-order valence-corrected chi connectivity index (χ2v) is 5.13. The zero-order chi connectivity index (χ0) is 11.1. The molecule has 0 heterocycles. The van der Waals surface area contributed by atoms with Crippen LogP contribution in [0.3, 0.4) is 0 Å². The average Bonchev–Trinajstić information content (AvgIpc) is 2.25. The van der Waals surface area contributed by atoms with Crippen LogP contribution in [0.15, 0.2) is 24.3 Å². The molecule has 0 amide bonds. The Kier molecular flexibility index (Phi) is 5.62. The van der Waals surface area contributed by atoms with Crippen LogP contribution in [0.1, 0.15) is 32.3 Å². The Hall–Kier alpha value is -0.630. The zero-order valence-corrected chi connectivity index (χ0v) is 10.6. The maximum Gasteiger partial charge on any atom is 0.122 e. The lowest BCUT2D eigenvalue weighted by atomic mass is 10.0. The lowest BCUT2D eigenvalue weighted by Gasteiger charge is -2.13. The predicted octanol–water partition coefficient (Wildman–Crippen LogP) is 3.94. The van der Waals surface area contributed by atoms with E-state index < -0.39 is 0 Å². The topological polar surface area (TPSA) is 9.23 Å². The number of rotatable bonds is 6. The minimum absolute atomic E-state index is 0.528. The second kappa shape index (κ2) is 6.78. The number of benzene rings is 1. The first kappa shape index (κ1) is 12.4. The van der Waals surface area contributed by atoms with E-state index in [2.05, 4.69) is 39.0 Å². The summed E-state index contributed by atoms with van der Waals surface area (Å²) in [6.45, 7) is 7.38. The molecule has 0 aromatic heterocycles. The van der Waals surface area contributed by atoms with Crippen molar-refractivity contribution >= 4 is 11.8 Å². The monoisotopic (exact) mass is 224 g/mol. The quantitative estimate of drug-likeness (QED) is 0.677. The Labute approximate surface area is 97.2 Å². The van der Waals surface area contributed by atoms with E-state index in [0.717, 1.165) is 23.9 Å². The minimum Gasteiger partial charge on any atom is -0.492 e. The molecule has 0 aliphatic carbocycles.